The number of anilines is 1. The molecule has 2 heterocycles. The summed E-state index contributed by atoms with van der Waals surface area (Å²) in [4.78, 5) is 22.4. The van der Waals surface area contributed by atoms with Crippen molar-refractivity contribution in [1.82, 2.24) is 9.97 Å². The standard InChI is InChI=1S/C21H18ClN3O3/c22-16-6-3-7-17(10-16)28-13-19-18(20(26)27)11-23-21(24-19)25-9-8-14-4-1-2-5-15(14)12-25/h1-7,10-11H,8-9,12-13H2,(H,26,27). The third kappa shape index (κ3) is 3.92. The van der Waals surface area contributed by atoms with Gasteiger partial charge in [0, 0.05) is 24.3 Å². The first kappa shape index (κ1) is 18.3. The van der Waals surface area contributed by atoms with Gasteiger partial charge in [0.15, 0.2) is 0 Å². The first-order chi connectivity index (χ1) is 13.6. The molecular formula is C21H18ClN3O3. The van der Waals surface area contributed by atoms with Crippen LogP contribution >= 0.6 is 11.6 Å². The monoisotopic (exact) mass is 395 g/mol. The molecule has 1 aromatic heterocycles. The zero-order valence-electron chi connectivity index (χ0n) is 15.0. The van der Waals surface area contributed by atoms with Crippen LogP contribution in [0.15, 0.2) is 54.7 Å². The maximum Gasteiger partial charge on any atom is 0.339 e. The Kier molecular flexibility index (Phi) is 5.12. The fourth-order valence-electron chi connectivity index (χ4n) is 3.22. The van der Waals surface area contributed by atoms with E-state index in [0.29, 0.717) is 29.0 Å². The van der Waals surface area contributed by atoms with E-state index < -0.39 is 5.97 Å². The fourth-order valence-corrected chi connectivity index (χ4v) is 3.40. The Morgan fingerprint density at radius 1 is 1.18 bits per heavy atom. The van der Waals surface area contributed by atoms with Crippen molar-refractivity contribution in [3.8, 4) is 5.75 Å². The van der Waals surface area contributed by atoms with Gasteiger partial charge in [-0.2, -0.15) is 0 Å². The van der Waals surface area contributed by atoms with Gasteiger partial charge < -0.3 is 14.7 Å². The lowest BCUT2D eigenvalue weighted by atomic mass is 10.0. The predicted molar refractivity (Wildman–Crippen MR) is 106 cm³/mol. The Bertz CT molecular complexity index is 1030. The number of carboxylic acid groups (broad SMARTS) is 1. The molecule has 0 saturated heterocycles. The van der Waals surface area contributed by atoms with Crippen LogP contribution < -0.4 is 9.64 Å². The highest BCUT2D eigenvalue weighted by atomic mass is 35.5. The molecular weight excluding hydrogens is 378 g/mol. The van der Waals surface area contributed by atoms with E-state index in [1.165, 1.54) is 17.3 Å². The second-order valence-corrected chi connectivity index (χ2v) is 6.96. The Morgan fingerprint density at radius 3 is 2.79 bits per heavy atom. The van der Waals surface area contributed by atoms with Gasteiger partial charge in [-0.3, -0.25) is 0 Å². The molecule has 0 atom stereocenters. The average molecular weight is 396 g/mol. The third-order valence-electron chi connectivity index (χ3n) is 4.67. The van der Waals surface area contributed by atoms with Crippen LogP contribution in [0.4, 0.5) is 5.95 Å². The van der Waals surface area contributed by atoms with Crippen LogP contribution in [0, 0.1) is 0 Å². The van der Waals surface area contributed by atoms with Crippen molar-refractivity contribution in [1.29, 1.82) is 0 Å². The van der Waals surface area contributed by atoms with Crippen molar-refractivity contribution in [2.75, 3.05) is 11.4 Å². The SMILES string of the molecule is O=C(O)c1cnc(N2CCc3ccccc3C2)nc1COc1cccc(Cl)c1. The zero-order chi connectivity index (χ0) is 19.5. The molecule has 28 heavy (non-hydrogen) atoms. The Labute approximate surface area is 167 Å². The summed E-state index contributed by atoms with van der Waals surface area (Å²) in [6, 6.07) is 15.2. The molecule has 1 N–H and O–H groups in total. The molecule has 0 fully saturated rings. The van der Waals surface area contributed by atoms with Gasteiger partial charge in [-0.25, -0.2) is 14.8 Å². The second kappa shape index (κ2) is 7.86. The molecule has 3 aromatic rings. The number of hydrogen-bond donors (Lipinski definition) is 1. The molecule has 142 valence electrons. The largest absolute Gasteiger partial charge is 0.487 e. The van der Waals surface area contributed by atoms with Crippen LogP contribution in [0.1, 0.15) is 27.2 Å². The number of aromatic carboxylic acids is 1. The first-order valence-corrected chi connectivity index (χ1v) is 9.27. The minimum atomic E-state index is -1.08. The van der Waals surface area contributed by atoms with Gasteiger partial charge in [0.05, 0.1) is 5.69 Å². The summed E-state index contributed by atoms with van der Waals surface area (Å²) in [5.41, 5.74) is 2.92. The highest BCUT2D eigenvalue weighted by Crippen LogP contribution is 2.23. The van der Waals surface area contributed by atoms with Gasteiger partial charge in [0.25, 0.3) is 0 Å². The van der Waals surface area contributed by atoms with Crippen LogP contribution in [0.2, 0.25) is 5.02 Å². The molecule has 0 saturated carbocycles. The summed E-state index contributed by atoms with van der Waals surface area (Å²) in [5, 5.41) is 10.0. The minimum absolute atomic E-state index is 0.0158. The van der Waals surface area contributed by atoms with Crippen LogP contribution in [-0.2, 0) is 19.6 Å². The summed E-state index contributed by atoms with van der Waals surface area (Å²) in [6.07, 6.45) is 2.25. The number of halogens is 1. The van der Waals surface area contributed by atoms with Gasteiger partial charge >= 0.3 is 5.97 Å². The number of carboxylic acids is 1. The van der Waals surface area contributed by atoms with E-state index in [9.17, 15) is 9.90 Å². The quantitative estimate of drug-likeness (QED) is 0.704. The third-order valence-corrected chi connectivity index (χ3v) is 4.91. The van der Waals surface area contributed by atoms with E-state index in [1.54, 1.807) is 24.3 Å². The van der Waals surface area contributed by atoms with E-state index in [4.69, 9.17) is 16.3 Å². The van der Waals surface area contributed by atoms with Crippen molar-refractivity contribution in [3.63, 3.8) is 0 Å². The summed E-state index contributed by atoms with van der Waals surface area (Å²) >= 11 is 5.97. The number of aromatic nitrogens is 2. The van der Waals surface area contributed by atoms with E-state index >= 15 is 0 Å². The summed E-state index contributed by atoms with van der Waals surface area (Å²) < 4.78 is 5.71. The maximum absolute atomic E-state index is 11.6. The molecule has 0 spiro atoms. The van der Waals surface area contributed by atoms with E-state index in [2.05, 4.69) is 27.0 Å². The Morgan fingerprint density at radius 2 is 2.00 bits per heavy atom. The molecule has 0 amide bonds. The smallest absolute Gasteiger partial charge is 0.339 e. The molecule has 2 aromatic carbocycles. The van der Waals surface area contributed by atoms with Crippen molar-refractivity contribution < 1.29 is 14.6 Å². The first-order valence-electron chi connectivity index (χ1n) is 8.89. The van der Waals surface area contributed by atoms with Gasteiger partial charge in [-0.1, -0.05) is 41.9 Å². The van der Waals surface area contributed by atoms with Crippen molar-refractivity contribution >= 4 is 23.5 Å². The van der Waals surface area contributed by atoms with Crippen molar-refractivity contribution in [3.05, 3.63) is 82.1 Å². The lowest BCUT2D eigenvalue weighted by Crippen LogP contribution is -2.32. The molecule has 0 bridgehead atoms. The molecule has 0 radical (unpaired) electrons. The lowest BCUT2D eigenvalue weighted by molar-refractivity contribution is 0.0692. The highest BCUT2D eigenvalue weighted by molar-refractivity contribution is 6.30. The lowest BCUT2D eigenvalue weighted by Gasteiger charge is -2.29. The van der Waals surface area contributed by atoms with Crippen LogP contribution in [0.25, 0.3) is 0 Å². The van der Waals surface area contributed by atoms with Crippen LogP contribution in [-0.4, -0.2) is 27.6 Å². The van der Waals surface area contributed by atoms with Crippen LogP contribution in [0.3, 0.4) is 0 Å². The molecule has 6 nitrogen and oxygen atoms in total. The normalized spacial score (nSPS) is 13.1. The van der Waals surface area contributed by atoms with E-state index in [-0.39, 0.29) is 12.2 Å². The van der Waals surface area contributed by atoms with Gasteiger partial charge in [-0.05, 0) is 35.7 Å². The molecule has 1 aliphatic rings. The predicted octanol–water partition coefficient (Wildman–Crippen LogP) is 3.97. The van der Waals surface area contributed by atoms with Crippen molar-refractivity contribution in [2.45, 2.75) is 19.6 Å². The fraction of sp³-hybridized carbons (Fsp3) is 0.190. The molecule has 1 aliphatic heterocycles. The topological polar surface area (TPSA) is 75.5 Å². The van der Waals surface area contributed by atoms with Crippen molar-refractivity contribution in [2.24, 2.45) is 0 Å². The zero-order valence-corrected chi connectivity index (χ0v) is 15.8. The minimum Gasteiger partial charge on any atom is -0.487 e. The number of ether oxygens (including phenoxy) is 1. The van der Waals surface area contributed by atoms with Gasteiger partial charge in [-0.15, -0.1) is 0 Å². The summed E-state index contributed by atoms with van der Waals surface area (Å²) in [6.45, 7) is 1.48. The average Bonchev–Trinajstić information content (AvgIpc) is 2.71. The van der Waals surface area contributed by atoms with E-state index in [1.807, 2.05) is 12.1 Å². The number of hydrogen-bond acceptors (Lipinski definition) is 5. The maximum atomic E-state index is 11.6. The van der Waals surface area contributed by atoms with E-state index in [0.717, 1.165) is 13.0 Å². The number of fused-ring (bicyclic) bond motifs is 1. The highest BCUT2D eigenvalue weighted by Gasteiger charge is 2.21. The Hall–Kier alpha value is -3.12. The van der Waals surface area contributed by atoms with Gasteiger partial charge in [0.1, 0.15) is 17.9 Å². The molecule has 0 unspecified atom stereocenters. The molecule has 4 rings (SSSR count). The molecule has 0 aliphatic carbocycles. The number of benzene rings is 2. The summed E-state index contributed by atoms with van der Waals surface area (Å²) in [7, 11) is 0. The van der Waals surface area contributed by atoms with Gasteiger partial charge in [0.2, 0.25) is 5.95 Å². The van der Waals surface area contributed by atoms with Crippen LogP contribution in [0.5, 0.6) is 5.75 Å². The number of carbonyl (C=O) groups is 1. The Balaban J connectivity index is 1.58. The molecule has 7 heteroatoms. The number of nitrogens with zero attached hydrogens (tertiary/aromatic N) is 3. The summed E-state index contributed by atoms with van der Waals surface area (Å²) in [5.74, 6) is -0.0275. The number of rotatable bonds is 5. The second-order valence-electron chi connectivity index (χ2n) is 6.52.